The van der Waals surface area contributed by atoms with E-state index in [0.29, 0.717) is 5.75 Å². The van der Waals surface area contributed by atoms with Crippen LogP contribution >= 0.6 is 0 Å². The molecule has 0 saturated carbocycles. The highest BCUT2D eigenvalue weighted by atomic mass is 16.5. The van der Waals surface area contributed by atoms with Crippen LogP contribution in [-0.2, 0) is 0 Å². The molecule has 3 heteroatoms. The highest BCUT2D eigenvalue weighted by molar-refractivity contribution is 5.67. The largest absolute Gasteiger partial charge is 0.458 e. The quantitative estimate of drug-likeness (QED) is 0.581. The Morgan fingerprint density at radius 3 is 2.40 bits per heavy atom. The Hall–Kier alpha value is -1.51. The van der Waals surface area contributed by atoms with Crippen LogP contribution in [0.2, 0.25) is 0 Å². The zero-order valence-corrected chi connectivity index (χ0v) is 5.15. The van der Waals surface area contributed by atoms with Gasteiger partial charge in [0.25, 0.3) is 0 Å². The summed E-state index contributed by atoms with van der Waals surface area (Å²) in [6, 6.07) is 8.35. The van der Waals surface area contributed by atoms with Gasteiger partial charge in [0.15, 0.2) is 0 Å². The van der Waals surface area contributed by atoms with E-state index in [0.717, 1.165) is 0 Å². The SMILES string of the molecule is [N]C(=O)Oc1ccccc1. The molecule has 0 bridgehead atoms. The van der Waals surface area contributed by atoms with Gasteiger partial charge in [-0.2, -0.15) is 0 Å². The van der Waals surface area contributed by atoms with Gasteiger partial charge in [-0.15, -0.1) is 0 Å². The van der Waals surface area contributed by atoms with Crippen LogP contribution in [-0.4, -0.2) is 6.09 Å². The van der Waals surface area contributed by atoms with Crippen LogP contribution in [0.15, 0.2) is 30.3 Å². The second kappa shape index (κ2) is 2.87. The summed E-state index contributed by atoms with van der Waals surface area (Å²) in [5.41, 5.74) is 8.14. The first kappa shape index (κ1) is 6.61. The molecule has 0 spiro atoms. The third kappa shape index (κ3) is 1.78. The lowest BCUT2D eigenvalue weighted by molar-refractivity contribution is 0.209. The van der Waals surface area contributed by atoms with Crippen LogP contribution < -0.4 is 10.5 Å². The zero-order chi connectivity index (χ0) is 7.40. The van der Waals surface area contributed by atoms with Crippen molar-refractivity contribution in [1.29, 1.82) is 0 Å². The summed E-state index contributed by atoms with van der Waals surface area (Å²) in [6.45, 7) is 0. The highest BCUT2D eigenvalue weighted by Crippen LogP contribution is 2.07. The van der Waals surface area contributed by atoms with Gasteiger partial charge in [0.05, 0.1) is 0 Å². The molecule has 10 heavy (non-hydrogen) atoms. The number of carbonyl (C=O) groups is 1. The van der Waals surface area contributed by atoms with Gasteiger partial charge in [-0.05, 0) is 12.1 Å². The molecule has 0 aliphatic heterocycles. The van der Waals surface area contributed by atoms with E-state index < -0.39 is 6.09 Å². The number of hydrogen-bond acceptors (Lipinski definition) is 2. The van der Waals surface area contributed by atoms with Crippen molar-refractivity contribution >= 4 is 6.09 Å². The second-order valence-corrected chi connectivity index (χ2v) is 1.68. The minimum absolute atomic E-state index is 0.343. The van der Waals surface area contributed by atoms with Crippen molar-refractivity contribution in [2.24, 2.45) is 0 Å². The van der Waals surface area contributed by atoms with Crippen molar-refractivity contribution in [1.82, 2.24) is 5.73 Å². The summed E-state index contributed by atoms with van der Waals surface area (Å²) in [5.74, 6) is 0.343. The van der Waals surface area contributed by atoms with Gasteiger partial charge in [-0.1, -0.05) is 23.9 Å². The van der Waals surface area contributed by atoms with Gasteiger partial charge in [-0.25, -0.2) is 4.79 Å². The van der Waals surface area contributed by atoms with Crippen LogP contribution in [0, 0.1) is 0 Å². The Bertz CT molecular complexity index is 220. The van der Waals surface area contributed by atoms with Crippen LogP contribution in [0.5, 0.6) is 5.75 Å². The Balaban J connectivity index is 2.67. The molecule has 0 atom stereocenters. The number of benzene rings is 1. The predicted octanol–water partition coefficient (Wildman–Crippen LogP) is 1.25. The maximum atomic E-state index is 9.95. The molecule has 0 heterocycles. The number of para-hydroxylation sites is 1. The summed E-state index contributed by atoms with van der Waals surface area (Å²) < 4.78 is 4.33. The molecule has 0 saturated heterocycles. The van der Waals surface area contributed by atoms with E-state index in [2.05, 4.69) is 4.74 Å². The summed E-state index contributed by atoms with van der Waals surface area (Å²) in [4.78, 5) is 9.95. The van der Waals surface area contributed by atoms with Crippen molar-refractivity contribution in [2.75, 3.05) is 0 Å². The number of nitrogens with zero attached hydrogens (tertiary/aromatic N) is 1. The van der Waals surface area contributed by atoms with E-state index in [9.17, 15) is 4.79 Å². The molecule has 3 nitrogen and oxygen atoms in total. The molecule has 0 fully saturated rings. The Labute approximate surface area is 58.4 Å². The third-order valence-electron chi connectivity index (χ3n) is 0.948. The van der Waals surface area contributed by atoms with Gasteiger partial charge >= 0.3 is 6.09 Å². The van der Waals surface area contributed by atoms with Crippen molar-refractivity contribution in [2.45, 2.75) is 0 Å². The molecule has 50 valence electrons. The van der Waals surface area contributed by atoms with E-state index in [1.54, 1.807) is 30.3 Å². The summed E-state index contributed by atoms with van der Waals surface area (Å²) in [7, 11) is 0. The van der Waals surface area contributed by atoms with E-state index in [-0.39, 0.29) is 0 Å². The Kier molecular flexibility index (Phi) is 1.89. The molecular formula is C7H5NO2. The van der Waals surface area contributed by atoms with Crippen molar-refractivity contribution in [3.05, 3.63) is 30.3 Å². The lowest BCUT2D eigenvalue weighted by Gasteiger charge is -1.95. The first-order chi connectivity index (χ1) is 4.79. The number of carbonyl (C=O) groups excluding carboxylic acids is 1. The van der Waals surface area contributed by atoms with E-state index in [1.165, 1.54) is 0 Å². The topological polar surface area (TPSA) is 48.6 Å². The second-order valence-electron chi connectivity index (χ2n) is 1.68. The van der Waals surface area contributed by atoms with Gasteiger partial charge in [0, 0.05) is 0 Å². The number of hydrogen-bond donors (Lipinski definition) is 0. The monoisotopic (exact) mass is 135 g/mol. The lowest BCUT2D eigenvalue weighted by Crippen LogP contribution is -2.04. The zero-order valence-electron chi connectivity index (χ0n) is 5.15. The van der Waals surface area contributed by atoms with Gasteiger partial charge in [0.2, 0.25) is 0 Å². The average molecular weight is 135 g/mol. The highest BCUT2D eigenvalue weighted by Gasteiger charge is 1.96. The van der Waals surface area contributed by atoms with Crippen LogP contribution in [0.3, 0.4) is 0 Å². The minimum Gasteiger partial charge on any atom is -0.408 e. The van der Waals surface area contributed by atoms with Crippen molar-refractivity contribution in [3.8, 4) is 5.75 Å². The molecule has 1 amide bonds. The average Bonchev–Trinajstić information content (AvgIpc) is 1.88. The van der Waals surface area contributed by atoms with Crippen molar-refractivity contribution < 1.29 is 9.53 Å². The molecule has 1 aromatic carbocycles. The number of ether oxygens (including phenoxy) is 1. The van der Waals surface area contributed by atoms with Crippen molar-refractivity contribution in [3.63, 3.8) is 0 Å². The molecule has 0 aliphatic carbocycles. The van der Waals surface area contributed by atoms with E-state index in [4.69, 9.17) is 5.73 Å². The van der Waals surface area contributed by atoms with Gasteiger partial charge in [0.1, 0.15) is 5.75 Å². The molecule has 0 aromatic heterocycles. The Morgan fingerprint density at radius 1 is 1.30 bits per heavy atom. The summed E-state index contributed by atoms with van der Waals surface area (Å²) >= 11 is 0. The fraction of sp³-hybridized carbons (Fsp3) is 0. The fourth-order valence-corrected chi connectivity index (χ4v) is 0.589. The molecule has 2 radical (unpaired) electrons. The summed E-state index contributed by atoms with van der Waals surface area (Å²) in [5, 5.41) is 0. The first-order valence-electron chi connectivity index (χ1n) is 2.75. The van der Waals surface area contributed by atoms with E-state index >= 15 is 0 Å². The molecule has 0 unspecified atom stereocenters. The van der Waals surface area contributed by atoms with Crippen LogP contribution in [0.1, 0.15) is 0 Å². The normalized spacial score (nSPS) is 8.80. The first-order valence-corrected chi connectivity index (χ1v) is 2.75. The Morgan fingerprint density at radius 2 is 1.90 bits per heavy atom. The van der Waals surface area contributed by atoms with Gasteiger partial charge < -0.3 is 4.74 Å². The van der Waals surface area contributed by atoms with Gasteiger partial charge in [-0.3, -0.25) is 0 Å². The lowest BCUT2D eigenvalue weighted by atomic mass is 10.3. The fourth-order valence-electron chi connectivity index (χ4n) is 0.589. The van der Waals surface area contributed by atoms with Crippen LogP contribution in [0.25, 0.3) is 0 Å². The smallest absolute Gasteiger partial charge is 0.408 e. The predicted molar refractivity (Wildman–Crippen MR) is 34.6 cm³/mol. The minimum atomic E-state index is -1.29. The molecule has 0 N–H and O–H groups in total. The number of amides is 1. The third-order valence-corrected chi connectivity index (χ3v) is 0.948. The molecular weight excluding hydrogens is 130 g/mol. The standard InChI is InChI=1S/C7H5NO2/c8-7(9)10-6-4-2-1-3-5-6/h1-5H. The maximum Gasteiger partial charge on any atom is 0.458 e. The maximum absolute atomic E-state index is 9.95. The molecule has 0 aliphatic rings. The molecule has 1 rings (SSSR count). The summed E-state index contributed by atoms with van der Waals surface area (Å²) in [6.07, 6.45) is -1.29. The molecule has 1 aromatic rings. The van der Waals surface area contributed by atoms with E-state index in [1.807, 2.05) is 0 Å². The number of rotatable bonds is 1. The van der Waals surface area contributed by atoms with Crippen LogP contribution in [0.4, 0.5) is 4.79 Å².